The van der Waals surface area contributed by atoms with Crippen molar-refractivity contribution in [2.24, 2.45) is 0 Å². The number of hydrogen-bond acceptors (Lipinski definition) is 5. The Balaban J connectivity index is 1.56. The fourth-order valence-electron chi connectivity index (χ4n) is 4.46. The standard InChI is InChI=1S/C24H28FN5O3/c1-3-11-30-21-18(23(32)28-24(30)33)12-15(14-26-21)22(31)27-16-9-10-20(19(25)13-16)29(2)17-7-5-4-6-8-17/h9-10,12-14,17H,3-8,11H2,1-2H3,(H,27,31)(H,28,32,33). The largest absolute Gasteiger partial charge is 0.369 e. The molecule has 4 rings (SSSR count). The zero-order valence-electron chi connectivity index (χ0n) is 18.9. The Morgan fingerprint density at radius 1 is 1.24 bits per heavy atom. The highest BCUT2D eigenvalue weighted by Crippen LogP contribution is 2.29. The van der Waals surface area contributed by atoms with Crippen LogP contribution < -0.4 is 21.5 Å². The summed E-state index contributed by atoms with van der Waals surface area (Å²) in [7, 11) is 1.91. The lowest BCUT2D eigenvalue weighted by molar-refractivity contribution is 0.102. The van der Waals surface area contributed by atoms with Crippen molar-refractivity contribution in [2.45, 2.75) is 58.0 Å². The molecular formula is C24H28FN5O3. The van der Waals surface area contributed by atoms with Gasteiger partial charge in [0, 0.05) is 31.5 Å². The van der Waals surface area contributed by atoms with Gasteiger partial charge in [-0.05, 0) is 43.5 Å². The summed E-state index contributed by atoms with van der Waals surface area (Å²) in [5.74, 6) is -0.928. The monoisotopic (exact) mass is 453 g/mol. The van der Waals surface area contributed by atoms with Crippen LogP contribution in [0.3, 0.4) is 0 Å². The van der Waals surface area contributed by atoms with Crippen LogP contribution in [-0.4, -0.2) is 33.5 Å². The lowest BCUT2D eigenvalue weighted by atomic mass is 9.94. The summed E-state index contributed by atoms with van der Waals surface area (Å²) in [4.78, 5) is 45.5. The molecule has 33 heavy (non-hydrogen) atoms. The minimum absolute atomic E-state index is 0.138. The van der Waals surface area contributed by atoms with Crippen LogP contribution in [0.15, 0.2) is 40.1 Å². The maximum atomic E-state index is 14.8. The van der Waals surface area contributed by atoms with Gasteiger partial charge in [-0.2, -0.15) is 0 Å². The number of H-pyrrole nitrogens is 1. The molecule has 1 aliphatic rings. The average molecular weight is 454 g/mol. The molecule has 1 aromatic carbocycles. The second-order valence-corrected chi connectivity index (χ2v) is 8.53. The Morgan fingerprint density at radius 3 is 2.70 bits per heavy atom. The molecule has 9 heteroatoms. The third kappa shape index (κ3) is 4.67. The average Bonchev–Trinajstić information content (AvgIpc) is 2.81. The number of aryl methyl sites for hydroxylation is 1. The highest BCUT2D eigenvalue weighted by Gasteiger charge is 2.21. The Kier molecular flexibility index (Phi) is 6.57. The van der Waals surface area contributed by atoms with Crippen LogP contribution in [0.4, 0.5) is 15.8 Å². The molecule has 8 nitrogen and oxygen atoms in total. The molecule has 1 fully saturated rings. The normalized spacial score (nSPS) is 14.4. The maximum absolute atomic E-state index is 14.8. The number of hydrogen-bond donors (Lipinski definition) is 2. The van der Waals surface area contributed by atoms with E-state index in [9.17, 15) is 18.8 Å². The number of aromatic amines is 1. The van der Waals surface area contributed by atoms with Crippen molar-refractivity contribution < 1.29 is 9.18 Å². The minimum atomic E-state index is -0.606. The summed E-state index contributed by atoms with van der Waals surface area (Å²) in [5.41, 5.74) is 0.0382. The molecule has 0 spiro atoms. The van der Waals surface area contributed by atoms with Crippen molar-refractivity contribution in [2.75, 3.05) is 17.3 Å². The Morgan fingerprint density at radius 2 is 2.00 bits per heavy atom. The molecule has 2 N–H and O–H groups in total. The Labute approximate surface area is 190 Å². The van der Waals surface area contributed by atoms with E-state index >= 15 is 0 Å². The number of nitrogens with one attached hydrogen (secondary N) is 2. The van der Waals surface area contributed by atoms with Crippen LogP contribution in [0, 0.1) is 5.82 Å². The molecule has 0 aliphatic heterocycles. The van der Waals surface area contributed by atoms with Gasteiger partial charge in [0.1, 0.15) is 11.5 Å². The molecule has 1 amide bonds. The summed E-state index contributed by atoms with van der Waals surface area (Å²) in [6, 6.07) is 6.35. The van der Waals surface area contributed by atoms with Crippen LogP contribution in [0.25, 0.3) is 11.0 Å². The number of anilines is 2. The third-order valence-corrected chi connectivity index (χ3v) is 6.25. The minimum Gasteiger partial charge on any atom is -0.369 e. The van der Waals surface area contributed by atoms with Gasteiger partial charge in [0.15, 0.2) is 0 Å². The van der Waals surface area contributed by atoms with E-state index in [-0.39, 0.29) is 16.6 Å². The fraction of sp³-hybridized carbons (Fsp3) is 0.417. The fourth-order valence-corrected chi connectivity index (χ4v) is 4.46. The molecule has 174 valence electrons. The third-order valence-electron chi connectivity index (χ3n) is 6.25. The summed E-state index contributed by atoms with van der Waals surface area (Å²) in [6.45, 7) is 2.30. The van der Waals surface area contributed by atoms with Crippen LogP contribution in [0.5, 0.6) is 0 Å². The summed E-state index contributed by atoms with van der Waals surface area (Å²) in [5, 5.41) is 2.81. The lowest BCUT2D eigenvalue weighted by Crippen LogP contribution is -2.33. The number of nitrogens with zero attached hydrogens (tertiary/aromatic N) is 3. The van der Waals surface area contributed by atoms with Crippen molar-refractivity contribution in [1.29, 1.82) is 0 Å². The highest BCUT2D eigenvalue weighted by molar-refractivity contribution is 6.05. The predicted molar refractivity (Wildman–Crippen MR) is 127 cm³/mol. The molecule has 2 heterocycles. The summed E-state index contributed by atoms with van der Waals surface area (Å²) >= 11 is 0. The molecule has 0 atom stereocenters. The van der Waals surface area contributed by atoms with E-state index in [0.29, 0.717) is 30.4 Å². The van der Waals surface area contributed by atoms with Gasteiger partial charge < -0.3 is 10.2 Å². The Hall–Kier alpha value is -3.49. The number of halogens is 1. The van der Waals surface area contributed by atoms with E-state index in [1.165, 1.54) is 29.3 Å². The van der Waals surface area contributed by atoms with E-state index in [4.69, 9.17) is 0 Å². The molecule has 0 bridgehead atoms. The van der Waals surface area contributed by atoms with Gasteiger partial charge in [0.05, 0.1) is 16.6 Å². The number of benzene rings is 1. The molecule has 2 aromatic heterocycles. The van der Waals surface area contributed by atoms with E-state index in [1.807, 2.05) is 18.9 Å². The molecule has 1 saturated carbocycles. The number of amides is 1. The molecular weight excluding hydrogens is 425 g/mol. The zero-order chi connectivity index (χ0) is 23.5. The maximum Gasteiger partial charge on any atom is 0.329 e. The van der Waals surface area contributed by atoms with Crippen LogP contribution in [0.2, 0.25) is 0 Å². The van der Waals surface area contributed by atoms with Crippen LogP contribution in [-0.2, 0) is 6.54 Å². The smallest absolute Gasteiger partial charge is 0.329 e. The highest BCUT2D eigenvalue weighted by atomic mass is 19.1. The summed E-state index contributed by atoms with van der Waals surface area (Å²) < 4.78 is 16.2. The van der Waals surface area contributed by atoms with Gasteiger partial charge in [0.2, 0.25) is 0 Å². The molecule has 0 unspecified atom stereocenters. The van der Waals surface area contributed by atoms with Crippen molar-refractivity contribution in [3.63, 3.8) is 0 Å². The first-order valence-electron chi connectivity index (χ1n) is 11.4. The quantitative estimate of drug-likeness (QED) is 0.593. The number of rotatable bonds is 6. The first-order valence-corrected chi connectivity index (χ1v) is 11.4. The molecule has 3 aromatic rings. The number of pyridine rings is 1. The topological polar surface area (TPSA) is 100 Å². The predicted octanol–water partition coefficient (Wildman–Crippen LogP) is 3.66. The van der Waals surface area contributed by atoms with Crippen LogP contribution >= 0.6 is 0 Å². The van der Waals surface area contributed by atoms with E-state index < -0.39 is 23.0 Å². The van der Waals surface area contributed by atoms with Crippen molar-refractivity contribution in [3.05, 3.63) is 62.7 Å². The number of carbonyl (C=O) groups excluding carboxylic acids is 1. The van der Waals surface area contributed by atoms with E-state index in [1.54, 1.807) is 12.1 Å². The van der Waals surface area contributed by atoms with Gasteiger partial charge in [-0.3, -0.25) is 19.1 Å². The number of fused-ring (bicyclic) bond motifs is 1. The van der Waals surface area contributed by atoms with Gasteiger partial charge in [-0.15, -0.1) is 0 Å². The Bertz CT molecular complexity index is 1290. The van der Waals surface area contributed by atoms with Crippen molar-refractivity contribution in [1.82, 2.24) is 14.5 Å². The molecule has 1 aliphatic carbocycles. The van der Waals surface area contributed by atoms with Gasteiger partial charge in [-0.25, -0.2) is 14.2 Å². The number of aromatic nitrogens is 3. The zero-order valence-corrected chi connectivity index (χ0v) is 18.9. The second-order valence-electron chi connectivity index (χ2n) is 8.53. The van der Waals surface area contributed by atoms with E-state index in [2.05, 4.69) is 15.3 Å². The summed E-state index contributed by atoms with van der Waals surface area (Å²) in [6.07, 6.45) is 7.63. The molecule has 0 saturated heterocycles. The number of carbonyl (C=O) groups is 1. The first kappa shape index (κ1) is 22.7. The molecule has 0 radical (unpaired) electrons. The van der Waals surface area contributed by atoms with Crippen molar-refractivity contribution in [3.8, 4) is 0 Å². The van der Waals surface area contributed by atoms with E-state index in [0.717, 1.165) is 25.7 Å². The van der Waals surface area contributed by atoms with Gasteiger partial charge >= 0.3 is 5.69 Å². The lowest BCUT2D eigenvalue weighted by Gasteiger charge is -2.33. The van der Waals surface area contributed by atoms with Gasteiger partial charge in [-0.1, -0.05) is 26.2 Å². The van der Waals surface area contributed by atoms with Crippen LogP contribution in [0.1, 0.15) is 55.8 Å². The first-order chi connectivity index (χ1) is 15.9. The van der Waals surface area contributed by atoms with Gasteiger partial charge in [0.25, 0.3) is 11.5 Å². The van der Waals surface area contributed by atoms with Crippen molar-refractivity contribution >= 4 is 28.3 Å². The SMILES string of the molecule is CCCn1c(=O)[nH]c(=O)c2cc(C(=O)Nc3ccc(N(C)C4CCCCC4)c(F)c3)cnc21. The second kappa shape index (κ2) is 9.56.